The molecule has 88 valence electrons. The van der Waals surface area contributed by atoms with E-state index in [1.807, 2.05) is 6.92 Å². The van der Waals surface area contributed by atoms with Gasteiger partial charge < -0.3 is 8.94 Å². The average molecular weight is 234 g/mol. The molecule has 0 atom stereocenters. The Labute approximate surface area is 96.7 Å². The quantitative estimate of drug-likeness (QED) is 0.602. The van der Waals surface area contributed by atoms with Crippen LogP contribution in [0.5, 0.6) is 0 Å². The van der Waals surface area contributed by atoms with Crippen LogP contribution < -0.4 is 0 Å². The van der Waals surface area contributed by atoms with Crippen LogP contribution in [0, 0.1) is 24.0 Å². The summed E-state index contributed by atoms with van der Waals surface area (Å²) in [7, 11) is 0. The molecule has 0 saturated heterocycles. The Bertz CT molecular complexity index is 580. The third-order valence-corrected chi connectivity index (χ3v) is 2.20. The van der Waals surface area contributed by atoms with Crippen molar-refractivity contribution in [3.63, 3.8) is 0 Å². The van der Waals surface area contributed by atoms with E-state index in [4.69, 9.17) is 8.94 Å². The van der Waals surface area contributed by atoms with Crippen LogP contribution in [-0.4, -0.2) is 10.1 Å². The molecule has 2 heterocycles. The number of aryl methyl sites for hydroxylation is 2. The van der Waals surface area contributed by atoms with E-state index in [0.29, 0.717) is 5.76 Å². The molecule has 0 amide bonds. The van der Waals surface area contributed by atoms with Gasteiger partial charge in [0.05, 0.1) is 4.92 Å². The third kappa shape index (κ3) is 2.25. The summed E-state index contributed by atoms with van der Waals surface area (Å²) in [6.07, 6.45) is 3.07. The smallest absolute Gasteiger partial charge is 0.338 e. The first-order valence-corrected chi connectivity index (χ1v) is 4.93. The van der Waals surface area contributed by atoms with Crippen molar-refractivity contribution in [1.82, 2.24) is 5.16 Å². The molecule has 0 aliphatic carbocycles. The van der Waals surface area contributed by atoms with E-state index in [-0.39, 0.29) is 17.1 Å². The van der Waals surface area contributed by atoms with E-state index in [1.54, 1.807) is 18.2 Å². The Kier molecular flexibility index (Phi) is 2.78. The zero-order valence-electron chi connectivity index (χ0n) is 9.34. The minimum absolute atomic E-state index is 0.113. The minimum atomic E-state index is -0.515. The van der Waals surface area contributed by atoms with E-state index in [1.165, 1.54) is 13.0 Å². The normalized spacial score (nSPS) is 11.2. The maximum atomic E-state index is 10.8. The molecular formula is C11H10N2O4. The summed E-state index contributed by atoms with van der Waals surface area (Å²) in [6.45, 7) is 3.34. The molecule has 0 radical (unpaired) electrons. The topological polar surface area (TPSA) is 82.3 Å². The highest BCUT2D eigenvalue weighted by Gasteiger charge is 2.21. The van der Waals surface area contributed by atoms with Gasteiger partial charge in [-0.15, -0.1) is 0 Å². The fraction of sp³-hybridized carbons (Fsp3) is 0.182. The highest BCUT2D eigenvalue weighted by atomic mass is 16.6. The summed E-state index contributed by atoms with van der Waals surface area (Å²) in [4.78, 5) is 10.3. The largest absolute Gasteiger partial charge is 0.462 e. The van der Waals surface area contributed by atoms with Crippen LogP contribution in [0.2, 0.25) is 0 Å². The number of rotatable bonds is 3. The molecule has 0 aromatic carbocycles. The monoisotopic (exact) mass is 234 g/mol. The second-order valence-corrected chi connectivity index (χ2v) is 3.52. The van der Waals surface area contributed by atoms with Crippen molar-refractivity contribution in [1.29, 1.82) is 0 Å². The van der Waals surface area contributed by atoms with E-state index in [0.717, 1.165) is 5.76 Å². The van der Waals surface area contributed by atoms with Gasteiger partial charge in [0.1, 0.15) is 11.5 Å². The lowest BCUT2D eigenvalue weighted by molar-refractivity contribution is -0.386. The summed E-state index contributed by atoms with van der Waals surface area (Å²) in [6, 6.07) is 3.57. The number of hydrogen-bond donors (Lipinski definition) is 0. The van der Waals surface area contributed by atoms with Crippen LogP contribution in [0.25, 0.3) is 12.2 Å². The average Bonchev–Trinajstić information content (AvgIpc) is 2.82. The molecule has 0 N–H and O–H groups in total. The van der Waals surface area contributed by atoms with Crippen LogP contribution >= 0.6 is 0 Å². The van der Waals surface area contributed by atoms with E-state index in [2.05, 4.69) is 5.16 Å². The summed E-state index contributed by atoms with van der Waals surface area (Å²) >= 11 is 0. The van der Waals surface area contributed by atoms with Gasteiger partial charge in [0, 0.05) is 0 Å². The zero-order valence-corrected chi connectivity index (χ0v) is 9.34. The van der Waals surface area contributed by atoms with Crippen LogP contribution in [0.3, 0.4) is 0 Å². The lowest BCUT2D eigenvalue weighted by Crippen LogP contribution is -1.89. The molecule has 2 aromatic heterocycles. The summed E-state index contributed by atoms with van der Waals surface area (Å²) in [5.74, 6) is 1.49. The van der Waals surface area contributed by atoms with Crippen molar-refractivity contribution < 1.29 is 13.9 Å². The maximum absolute atomic E-state index is 10.8. The Morgan fingerprint density at radius 1 is 1.35 bits per heavy atom. The molecular weight excluding hydrogens is 224 g/mol. The molecule has 0 fully saturated rings. The molecule has 0 unspecified atom stereocenters. The molecule has 6 nitrogen and oxygen atoms in total. The van der Waals surface area contributed by atoms with Gasteiger partial charge in [-0.05, 0) is 38.1 Å². The van der Waals surface area contributed by atoms with Crippen molar-refractivity contribution in [2.45, 2.75) is 13.8 Å². The maximum Gasteiger partial charge on any atom is 0.338 e. The molecule has 0 bridgehead atoms. The highest BCUT2D eigenvalue weighted by molar-refractivity contribution is 5.69. The molecule has 17 heavy (non-hydrogen) atoms. The fourth-order valence-electron chi connectivity index (χ4n) is 1.41. The molecule has 0 aliphatic rings. The molecule has 0 aliphatic heterocycles. The number of furan rings is 1. The van der Waals surface area contributed by atoms with Crippen molar-refractivity contribution >= 4 is 17.8 Å². The predicted molar refractivity (Wildman–Crippen MR) is 60.3 cm³/mol. The molecule has 0 spiro atoms. The van der Waals surface area contributed by atoms with Crippen molar-refractivity contribution in [2.75, 3.05) is 0 Å². The summed E-state index contributed by atoms with van der Waals surface area (Å²) in [5, 5.41) is 14.3. The second kappa shape index (κ2) is 4.25. The van der Waals surface area contributed by atoms with Crippen molar-refractivity contribution in [3.8, 4) is 0 Å². The lowest BCUT2D eigenvalue weighted by Gasteiger charge is -1.87. The highest BCUT2D eigenvalue weighted by Crippen LogP contribution is 2.24. The molecule has 6 heteroatoms. The summed E-state index contributed by atoms with van der Waals surface area (Å²) < 4.78 is 10.2. The van der Waals surface area contributed by atoms with Gasteiger partial charge in [-0.2, -0.15) is 0 Å². The third-order valence-electron chi connectivity index (χ3n) is 2.20. The van der Waals surface area contributed by atoms with Gasteiger partial charge in [0.15, 0.2) is 5.69 Å². The van der Waals surface area contributed by atoms with Crippen LogP contribution in [-0.2, 0) is 0 Å². The van der Waals surface area contributed by atoms with Gasteiger partial charge in [0.2, 0.25) is 5.76 Å². The standard InChI is InChI=1S/C11H10N2O4/c1-7-3-4-9(16-7)5-6-10-11(13(14)15)8(2)12-17-10/h3-6H,1-2H3. The first-order valence-electron chi connectivity index (χ1n) is 4.93. The lowest BCUT2D eigenvalue weighted by atomic mass is 10.3. The Hall–Kier alpha value is -2.37. The van der Waals surface area contributed by atoms with Gasteiger partial charge in [-0.3, -0.25) is 10.1 Å². The number of aromatic nitrogens is 1. The van der Waals surface area contributed by atoms with Crippen LogP contribution in [0.1, 0.15) is 23.0 Å². The number of nitrogens with zero attached hydrogens (tertiary/aromatic N) is 2. The molecule has 0 saturated carbocycles. The summed E-state index contributed by atoms with van der Waals surface area (Å²) in [5.41, 5.74) is 0.134. The van der Waals surface area contributed by atoms with Crippen LogP contribution in [0.15, 0.2) is 21.1 Å². The minimum Gasteiger partial charge on any atom is -0.462 e. The Balaban J connectivity index is 2.30. The Morgan fingerprint density at radius 3 is 2.71 bits per heavy atom. The van der Waals surface area contributed by atoms with Crippen molar-refractivity contribution in [3.05, 3.63) is 45.2 Å². The molecule has 2 aromatic rings. The van der Waals surface area contributed by atoms with Crippen LogP contribution in [0.4, 0.5) is 5.69 Å². The second-order valence-electron chi connectivity index (χ2n) is 3.52. The first-order chi connectivity index (χ1) is 8.08. The van der Waals surface area contributed by atoms with E-state index >= 15 is 0 Å². The van der Waals surface area contributed by atoms with Gasteiger partial charge in [-0.25, -0.2) is 0 Å². The Morgan fingerprint density at radius 2 is 2.12 bits per heavy atom. The SMILES string of the molecule is Cc1ccc(C=Cc2onc(C)c2[N+](=O)[O-])o1. The van der Waals surface area contributed by atoms with Gasteiger partial charge in [0.25, 0.3) is 0 Å². The zero-order chi connectivity index (χ0) is 12.4. The first kappa shape index (κ1) is 11.1. The van der Waals surface area contributed by atoms with Gasteiger partial charge in [-0.1, -0.05) is 5.16 Å². The predicted octanol–water partition coefficient (Wildman–Crippen LogP) is 2.96. The fourth-order valence-corrected chi connectivity index (χ4v) is 1.41. The number of hydrogen-bond acceptors (Lipinski definition) is 5. The van der Waals surface area contributed by atoms with Gasteiger partial charge >= 0.3 is 5.69 Å². The van der Waals surface area contributed by atoms with E-state index in [9.17, 15) is 10.1 Å². The van der Waals surface area contributed by atoms with E-state index < -0.39 is 4.92 Å². The number of nitro groups is 1. The molecule has 2 rings (SSSR count). The van der Waals surface area contributed by atoms with Crippen molar-refractivity contribution in [2.24, 2.45) is 0 Å².